The van der Waals surface area contributed by atoms with Gasteiger partial charge in [-0.15, -0.1) is 0 Å². The third kappa shape index (κ3) is 3.32. The van der Waals surface area contributed by atoms with Crippen molar-refractivity contribution < 1.29 is 4.74 Å². The summed E-state index contributed by atoms with van der Waals surface area (Å²) in [7, 11) is 0. The summed E-state index contributed by atoms with van der Waals surface area (Å²) in [5, 5.41) is 3.49. The number of nitrogens with one attached hydrogen (secondary N) is 1. The molecule has 0 aliphatic carbocycles. The van der Waals surface area contributed by atoms with Gasteiger partial charge in [-0.2, -0.15) is 0 Å². The van der Waals surface area contributed by atoms with Crippen LogP contribution in [0.4, 0.5) is 0 Å². The smallest absolute Gasteiger partial charge is 0.0699 e. The molecular formula is C14H21NO. The third-order valence-electron chi connectivity index (χ3n) is 3.22. The average molecular weight is 219 g/mol. The van der Waals surface area contributed by atoms with E-state index in [0.717, 1.165) is 19.7 Å². The van der Waals surface area contributed by atoms with Crippen LogP contribution in [0.1, 0.15) is 30.4 Å². The Morgan fingerprint density at radius 1 is 1.31 bits per heavy atom. The highest BCUT2D eigenvalue weighted by Gasteiger charge is 2.12. The van der Waals surface area contributed by atoms with Crippen LogP contribution in [0.25, 0.3) is 0 Å². The molecule has 1 saturated heterocycles. The number of ether oxygens (including phenoxy) is 1. The predicted octanol–water partition coefficient (Wildman–Crippen LogP) is 2.65. The molecule has 0 saturated carbocycles. The van der Waals surface area contributed by atoms with E-state index in [1.165, 1.54) is 30.4 Å². The molecule has 2 rings (SSSR count). The van der Waals surface area contributed by atoms with Crippen LogP contribution < -0.4 is 5.32 Å². The molecule has 1 N–H and O–H groups in total. The average Bonchev–Trinajstić information content (AvgIpc) is 2.33. The number of hydrogen-bond acceptors (Lipinski definition) is 2. The normalized spacial score (nSPS) is 20.9. The molecule has 0 amide bonds. The summed E-state index contributed by atoms with van der Waals surface area (Å²) in [5.74, 6) is 0. The molecule has 1 aromatic carbocycles. The molecule has 1 aliphatic rings. The zero-order chi connectivity index (χ0) is 11.2. The minimum absolute atomic E-state index is 0.428. The van der Waals surface area contributed by atoms with Gasteiger partial charge < -0.3 is 10.1 Å². The first-order valence-corrected chi connectivity index (χ1v) is 6.23. The molecule has 0 aromatic heterocycles. The summed E-state index contributed by atoms with van der Waals surface area (Å²) in [6.07, 6.45) is 4.18. The van der Waals surface area contributed by atoms with Crippen molar-refractivity contribution >= 4 is 0 Å². The maximum Gasteiger partial charge on any atom is 0.0699 e. The molecule has 1 unspecified atom stereocenters. The van der Waals surface area contributed by atoms with Gasteiger partial charge >= 0.3 is 0 Å². The molecular weight excluding hydrogens is 198 g/mol. The van der Waals surface area contributed by atoms with Crippen LogP contribution >= 0.6 is 0 Å². The Hall–Kier alpha value is -0.860. The molecule has 2 nitrogen and oxygen atoms in total. The highest BCUT2D eigenvalue weighted by molar-refractivity contribution is 5.25. The van der Waals surface area contributed by atoms with E-state index in [4.69, 9.17) is 4.74 Å². The third-order valence-corrected chi connectivity index (χ3v) is 3.22. The molecule has 0 bridgehead atoms. The van der Waals surface area contributed by atoms with Gasteiger partial charge in [0, 0.05) is 19.7 Å². The van der Waals surface area contributed by atoms with Crippen LogP contribution in [0.2, 0.25) is 0 Å². The molecule has 1 atom stereocenters. The van der Waals surface area contributed by atoms with Gasteiger partial charge in [0.15, 0.2) is 0 Å². The minimum atomic E-state index is 0.428. The number of rotatable bonds is 4. The molecule has 1 heterocycles. The van der Waals surface area contributed by atoms with Crippen molar-refractivity contribution in [3.63, 3.8) is 0 Å². The van der Waals surface area contributed by atoms with Crippen molar-refractivity contribution in [2.24, 2.45) is 0 Å². The van der Waals surface area contributed by atoms with E-state index in [-0.39, 0.29) is 0 Å². The predicted molar refractivity (Wildman–Crippen MR) is 66.5 cm³/mol. The molecule has 0 spiro atoms. The monoisotopic (exact) mass is 219 g/mol. The SMILES string of the molecule is Cc1ccccc1CNCC1CCCCO1. The van der Waals surface area contributed by atoms with Gasteiger partial charge in [-0.05, 0) is 37.3 Å². The Bertz CT molecular complexity index is 318. The zero-order valence-electron chi connectivity index (χ0n) is 10.0. The molecule has 88 valence electrons. The van der Waals surface area contributed by atoms with E-state index in [0.29, 0.717) is 6.10 Å². The van der Waals surface area contributed by atoms with Crippen molar-refractivity contribution in [3.05, 3.63) is 35.4 Å². The highest BCUT2D eigenvalue weighted by atomic mass is 16.5. The van der Waals surface area contributed by atoms with Crippen LogP contribution in [0.3, 0.4) is 0 Å². The molecule has 1 aromatic rings. The van der Waals surface area contributed by atoms with E-state index < -0.39 is 0 Å². The van der Waals surface area contributed by atoms with Crippen LogP contribution in [0, 0.1) is 6.92 Å². The van der Waals surface area contributed by atoms with E-state index in [1.54, 1.807) is 0 Å². The van der Waals surface area contributed by atoms with Crippen molar-refractivity contribution in [1.82, 2.24) is 5.32 Å². The van der Waals surface area contributed by atoms with Crippen LogP contribution in [0.15, 0.2) is 24.3 Å². The van der Waals surface area contributed by atoms with Gasteiger partial charge in [-0.25, -0.2) is 0 Å². The van der Waals surface area contributed by atoms with Gasteiger partial charge in [0.2, 0.25) is 0 Å². The largest absolute Gasteiger partial charge is 0.377 e. The molecule has 1 fully saturated rings. The lowest BCUT2D eigenvalue weighted by atomic mass is 10.1. The maximum atomic E-state index is 5.68. The first-order valence-electron chi connectivity index (χ1n) is 6.23. The van der Waals surface area contributed by atoms with Crippen molar-refractivity contribution in [2.45, 2.75) is 38.8 Å². The Kier molecular flexibility index (Phi) is 4.37. The standard InChI is InChI=1S/C14H21NO/c1-12-6-2-3-7-13(12)10-15-11-14-8-4-5-9-16-14/h2-3,6-7,14-15H,4-5,8-11H2,1H3. The summed E-state index contributed by atoms with van der Waals surface area (Å²) >= 11 is 0. The zero-order valence-corrected chi connectivity index (χ0v) is 10.0. The van der Waals surface area contributed by atoms with Crippen LogP contribution in [-0.2, 0) is 11.3 Å². The fourth-order valence-corrected chi connectivity index (χ4v) is 2.14. The minimum Gasteiger partial charge on any atom is -0.377 e. The quantitative estimate of drug-likeness (QED) is 0.840. The lowest BCUT2D eigenvalue weighted by Crippen LogP contribution is -2.31. The Morgan fingerprint density at radius 3 is 2.94 bits per heavy atom. The van der Waals surface area contributed by atoms with Gasteiger partial charge in [0.25, 0.3) is 0 Å². The maximum absolute atomic E-state index is 5.68. The van der Waals surface area contributed by atoms with Crippen molar-refractivity contribution in [3.8, 4) is 0 Å². The van der Waals surface area contributed by atoms with Crippen LogP contribution in [0.5, 0.6) is 0 Å². The lowest BCUT2D eigenvalue weighted by molar-refractivity contribution is 0.0168. The number of aryl methyl sites for hydroxylation is 1. The molecule has 0 radical (unpaired) electrons. The summed E-state index contributed by atoms with van der Waals surface area (Å²) in [4.78, 5) is 0. The van der Waals surface area contributed by atoms with Gasteiger partial charge in [0.05, 0.1) is 6.10 Å². The van der Waals surface area contributed by atoms with Crippen molar-refractivity contribution in [1.29, 1.82) is 0 Å². The van der Waals surface area contributed by atoms with Crippen molar-refractivity contribution in [2.75, 3.05) is 13.2 Å². The first-order chi connectivity index (χ1) is 7.86. The highest BCUT2D eigenvalue weighted by Crippen LogP contribution is 2.12. The second-order valence-corrected chi connectivity index (χ2v) is 4.55. The van der Waals surface area contributed by atoms with Crippen LogP contribution in [-0.4, -0.2) is 19.3 Å². The van der Waals surface area contributed by atoms with E-state index in [1.807, 2.05) is 0 Å². The number of benzene rings is 1. The number of hydrogen-bond donors (Lipinski definition) is 1. The Morgan fingerprint density at radius 2 is 2.19 bits per heavy atom. The van der Waals surface area contributed by atoms with Gasteiger partial charge in [-0.1, -0.05) is 24.3 Å². The summed E-state index contributed by atoms with van der Waals surface area (Å²) < 4.78 is 5.68. The molecule has 2 heteroatoms. The second-order valence-electron chi connectivity index (χ2n) is 4.55. The summed E-state index contributed by atoms with van der Waals surface area (Å²) in [5.41, 5.74) is 2.75. The Balaban J connectivity index is 1.73. The second kappa shape index (κ2) is 6.02. The summed E-state index contributed by atoms with van der Waals surface area (Å²) in [6.45, 7) is 5.03. The Labute approximate surface area is 98.0 Å². The first kappa shape index (κ1) is 11.6. The lowest BCUT2D eigenvalue weighted by Gasteiger charge is -2.23. The fourth-order valence-electron chi connectivity index (χ4n) is 2.14. The summed E-state index contributed by atoms with van der Waals surface area (Å²) in [6, 6.07) is 8.53. The fraction of sp³-hybridized carbons (Fsp3) is 0.571. The molecule has 16 heavy (non-hydrogen) atoms. The topological polar surface area (TPSA) is 21.3 Å². The van der Waals surface area contributed by atoms with E-state index >= 15 is 0 Å². The van der Waals surface area contributed by atoms with Gasteiger partial charge in [0.1, 0.15) is 0 Å². The van der Waals surface area contributed by atoms with E-state index in [2.05, 4.69) is 36.5 Å². The molecule has 1 aliphatic heterocycles. The van der Waals surface area contributed by atoms with E-state index in [9.17, 15) is 0 Å². The van der Waals surface area contributed by atoms with Gasteiger partial charge in [-0.3, -0.25) is 0 Å².